The highest BCUT2D eigenvalue weighted by Gasteiger charge is 2.28. The molecule has 2 aliphatic heterocycles. The number of β-amino-alcohol motifs (C(OH)–C–C–N with tert-alkyl or cyclic N) is 2. The van der Waals surface area contributed by atoms with E-state index in [1.807, 2.05) is 24.3 Å². The number of hydrogen-bond acceptors (Lipinski definition) is 8. The van der Waals surface area contributed by atoms with Crippen LogP contribution in [0.3, 0.4) is 0 Å². The summed E-state index contributed by atoms with van der Waals surface area (Å²) in [7, 11) is 0. The molecule has 5 aromatic carbocycles. The van der Waals surface area contributed by atoms with Crippen LogP contribution in [0.4, 0.5) is 0 Å². The Balaban J connectivity index is 0.805. The predicted molar refractivity (Wildman–Crippen MR) is 215 cm³/mol. The van der Waals surface area contributed by atoms with Gasteiger partial charge in [-0.3, -0.25) is 19.6 Å². The summed E-state index contributed by atoms with van der Waals surface area (Å²) in [6.07, 6.45) is -1.18. The highest BCUT2D eigenvalue weighted by molar-refractivity contribution is 5.34. The van der Waals surface area contributed by atoms with Gasteiger partial charge in [0.1, 0.15) is 36.9 Å². The van der Waals surface area contributed by atoms with Crippen LogP contribution in [0.15, 0.2) is 146 Å². The molecule has 0 bridgehead atoms. The molecule has 0 amide bonds. The lowest BCUT2D eigenvalue weighted by atomic mass is 9.96. The minimum atomic E-state index is -0.592. The zero-order valence-corrected chi connectivity index (χ0v) is 31.2. The minimum absolute atomic E-state index is 0.221. The van der Waals surface area contributed by atoms with Crippen molar-refractivity contribution in [3.05, 3.63) is 168 Å². The molecule has 0 aromatic heterocycles. The standard InChI is InChI=1S/C46H54N4O4/c51-41(33-47-25-29-49(30-26-47)45(37-13-5-1-6-14-37)38-15-7-2-8-16-38)35-53-43-21-23-44(24-22-43)54-36-42(52)34-48-27-31-50(32-28-48)46(39-17-9-3-10-18-39)40-19-11-4-12-20-40/h1-24,41-42,45-46,51-52H,25-36H2/t41-,42+. The van der Waals surface area contributed by atoms with E-state index in [0.29, 0.717) is 24.6 Å². The molecule has 2 fully saturated rings. The number of ether oxygens (including phenoxy) is 2. The zero-order chi connectivity index (χ0) is 37.0. The minimum Gasteiger partial charge on any atom is -0.491 e. The normalized spacial score (nSPS) is 17.4. The van der Waals surface area contributed by atoms with Gasteiger partial charge in [-0.15, -0.1) is 0 Å². The maximum absolute atomic E-state index is 10.8. The number of aliphatic hydroxyl groups is 2. The van der Waals surface area contributed by atoms with E-state index in [-0.39, 0.29) is 25.3 Å². The quantitative estimate of drug-likeness (QED) is 0.129. The van der Waals surface area contributed by atoms with Crippen molar-refractivity contribution in [2.24, 2.45) is 0 Å². The van der Waals surface area contributed by atoms with Crippen LogP contribution < -0.4 is 9.47 Å². The molecule has 8 heteroatoms. The van der Waals surface area contributed by atoms with Gasteiger partial charge in [0.05, 0.1) is 12.1 Å². The van der Waals surface area contributed by atoms with Crippen molar-refractivity contribution in [3.8, 4) is 11.5 Å². The average molecular weight is 727 g/mol. The molecule has 2 atom stereocenters. The predicted octanol–water partition coefficient (Wildman–Crippen LogP) is 5.98. The summed E-state index contributed by atoms with van der Waals surface area (Å²) < 4.78 is 11.9. The fourth-order valence-electron chi connectivity index (χ4n) is 7.90. The van der Waals surface area contributed by atoms with Crippen molar-refractivity contribution in [1.29, 1.82) is 0 Å². The van der Waals surface area contributed by atoms with Crippen LogP contribution in [0.5, 0.6) is 11.5 Å². The van der Waals surface area contributed by atoms with Crippen LogP contribution in [0.1, 0.15) is 34.3 Å². The Labute approximate surface area is 320 Å². The van der Waals surface area contributed by atoms with E-state index in [9.17, 15) is 10.2 Å². The van der Waals surface area contributed by atoms with Crippen molar-refractivity contribution in [1.82, 2.24) is 19.6 Å². The Kier molecular flexibility index (Phi) is 13.4. The van der Waals surface area contributed by atoms with Crippen LogP contribution in [0.25, 0.3) is 0 Å². The van der Waals surface area contributed by atoms with E-state index in [4.69, 9.17) is 9.47 Å². The molecule has 0 spiro atoms. The number of nitrogens with zero attached hydrogens (tertiary/aromatic N) is 4. The topological polar surface area (TPSA) is 71.9 Å². The van der Waals surface area contributed by atoms with Crippen LogP contribution in [0.2, 0.25) is 0 Å². The zero-order valence-electron chi connectivity index (χ0n) is 31.2. The molecule has 0 unspecified atom stereocenters. The third-order valence-corrected chi connectivity index (χ3v) is 10.7. The molecule has 2 aliphatic rings. The van der Waals surface area contributed by atoms with E-state index < -0.39 is 12.2 Å². The summed E-state index contributed by atoms with van der Waals surface area (Å²) in [6.45, 7) is 8.88. The molecule has 0 saturated carbocycles. The highest BCUT2D eigenvalue weighted by Crippen LogP contribution is 2.31. The second-order valence-electron chi connectivity index (χ2n) is 14.5. The van der Waals surface area contributed by atoms with Gasteiger partial charge in [0.25, 0.3) is 0 Å². The van der Waals surface area contributed by atoms with E-state index in [1.54, 1.807) is 0 Å². The molecule has 2 saturated heterocycles. The van der Waals surface area contributed by atoms with Gasteiger partial charge in [-0.05, 0) is 46.5 Å². The summed E-state index contributed by atoms with van der Waals surface area (Å²) in [5.41, 5.74) is 5.22. The van der Waals surface area contributed by atoms with Gasteiger partial charge in [-0.25, -0.2) is 0 Å². The van der Waals surface area contributed by atoms with Gasteiger partial charge >= 0.3 is 0 Å². The van der Waals surface area contributed by atoms with Crippen molar-refractivity contribution in [2.75, 3.05) is 78.7 Å². The summed E-state index contributed by atoms with van der Waals surface area (Å²) in [5.74, 6) is 1.37. The lowest BCUT2D eigenvalue weighted by molar-refractivity contribution is 0.0393. The molecule has 54 heavy (non-hydrogen) atoms. The van der Waals surface area contributed by atoms with E-state index in [1.165, 1.54) is 22.3 Å². The maximum Gasteiger partial charge on any atom is 0.119 e. The van der Waals surface area contributed by atoms with Crippen molar-refractivity contribution >= 4 is 0 Å². The molecular weight excluding hydrogens is 673 g/mol. The first kappa shape index (κ1) is 37.8. The molecular formula is C46H54N4O4. The van der Waals surface area contributed by atoms with Gasteiger partial charge in [-0.2, -0.15) is 0 Å². The summed E-state index contributed by atoms with van der Waals surface area (Å²) in [4.78, 5) is 9.74. The molecule has 0 aliphatic carbocycles. The lowest BCUT2D eigenvalue weighted by Crippen LogP contribution is -2.50. The largest absolute Gasteiger partial charge is 0.491 e. The number of rotatable bonds is 16. The third-order valence-electron chi connectivity index (χ3n) is 10.7. The van der Waals surface area contributed by atoms with Crippen LogP contribution in [-0.2, 0) is 0 Å². The molecule has 7 rings (SSSR count). The first-order valence-corrected chi connectivity index (χ1v) is 19.4. The fourth-order valence-corrected chi connectivity index (χ4v) is 7.90. The second-order valence-corrected chi connectivity index (χ2v) is 14.5. The highest BCUT2D eigenvalue weighted by atomic mass is 16.5. The smallest absolute Gasteiger partial charge is 0.119 e. The molecule has 282 valence electrons. The van der Waals surface area contributed by atoms with Crippen LogP contribution in [-0.4, -0.2) is 121 Å². The number of aliphatic hydroxyl groups excluding tert-OH is 2. The SMILES string of the molecule is O[C@H](COc1ccc(OC[C@H](O)CN2CCN(C(c3ccccc3)c3ccccc3)CC2)cc1)CN1CCN(C(c2ccccc2)c2ccccc2)CC1. The fraction of sp³-hybridized carbons (Fsp3) is 0.348. The number of benzene rings is 5. The summed E-state index contributed by atoms with van der Waals surface area (Å²) >= 11 is 0. The summed E-state index contributed by atoms with van der Waals surface area (Å²) in [6, 6.07) is 50.8. The van der Waals surface area contributed by atoms with Crippen molar-refractivity contribution in [3.63, 3.8) is 0 Å². The van der Waals surface area contributed by atoms with Crippen LogP contribution >= 0.6 is 0 Å². The Morgan fingerprint density at radius 2 is 0.667 bits per heavy atom. The van der Waals surface area contributed by atoms with Gasteiger partial charge in [0.2, 0.25) is 0 Å². The van der Waals surface area contributed by atoms with Gasteiger partial charge < -0.3 is 19.7 Å². The number of piperazine rings is 2. The molecule has 2 heterocycles. The maximum atomic E-state index is 10.8. The molecule has 0 radical (unpaired) electrons. The van der Waals surface area contributed by atoms with Gasteiger partial charge in [-0.1, -0.05) is 121 Å². The molecule has 5 aromatic rings. The Morgan fingerprint density at radius 3 is 0.944 bits per heavy atom. The van der Waals surface area contributed by atoms with Crippen LogP contribution in [0, 0.1) is 0 Å². The van der Waals surface area contributed by atoms with E-state index in [0.717, 1.165) is 52.4 Å². The third kappa shape index (κ3) is 10.4. The molecule has 8 nitrogen and oxygen atoms in total. The molecule has 2 N–H and O–H groups in total. The van der Waals surface area contributed by atoms with Gasteiger partial charge in [0, 0.05) is 65.4 Å². The summed E-state index contributed by atoms with van der Waals surface area (Å²) in [5, 5.41) is 21.7. The Bertz CT molecular complexity index is 1570. The monoisotopic (exact) mass is 726 g/mol. The second kappa shape index (κ2) is 19.2. The van der Waals surface area contributed by atoms with Gasteiger partial charge in [0.15, 0.2) is 0 Å². The van der Waals surface area contributed by atoms with E-state index >= 15 is 0 Å². The Morgan fingerprint density at radius 1 is 0.389 bits per heavy atom. The number of hydrogen-bond donors (Lipinski definition) is 2. The van der Waals surface area contributed by atoms with E-state index in [2.05, 4.69) is 141 Å². The average Bonchev–Trinajstić information content (AvgIpc) is 3.23. The Hall–Kier alpha value is -4.54. The van der Waals surface area contributed by atoms with Crippen molar-refractivity contribution < 1.29 is 19.7 Å². The van der Waals surface area contributed by atoms with Crippen molar-refractivity contribution in [2.45, 2.75) is 24.3 Å². The first-order chi connectivity index (χ1) is 26.6. The lowest BCUT2D eigenvalue weighted by Gasteiger charge is -2.40. The first-order valence-electron chi connectivity index (χ1n) is 19.4.